The maximum absolute atomic E-state index is 10.1. The summed E-state index contributed by atoms with van der Waals surface area (Å²) < 4.78 is 0. The molecule has 0 aromatic rings. The third-order valence-corrected chi connectivity index (χ3v) is 2.66. The fourth-order valence-electron chi connectivity index (χ4n) is 1.21. The van der Waals surface area contributed by atoms with E-state index in [1.54, 1.807) is 26.0 Å². The van der Waals surface area contributed by atoms with Crippen LogP contribution in [0.25, 0.3) is 0 Å². The second-order valence-electron chi connectivity index (χ2n) is 4.63. The number of rotatable bonds is 8. The molecular weight excluding hydrogens is 302 g/mol. The SMILES string of the molecule is CCCCC=C(C)C(=O)[O-].CCCCC=C(C)C(=O)[O-].[Na+].[Na+]. The van der Waals surface area contributed by atoms with Gasteiger partial charge in [-0.2, -0.15) is 0 Å². The molecule has 0 aliphatic heterocycles. The quantitative estimate of drug-likeness (QED) is 0.257. The Morgan fingerprint density at radius 1 is 0.773 bits per heavy atom. The molecule has 0 amide bonds. The van der Waals surface area contributed by atoms with Crippen LogP contribution in [0.5, 0.6) is 0 Å². The number of aliphatic carboxylic acids is 2. The molecule has 0 atom stereocenters. The van der Waals surface area contributed by atoms with Crippen LogP contribution in [0.1, 0.15) is 66.2 Å². The first-order valence-electron chi connectivity index (χ1n) is 7.12. The summed E-state index contributed by atoms with van der Waals surface area (Å²) >= 11 is 0. The molecule has 0 saturated heterocycles. The van der Waals surface area contributed by atoms with Gasteiger partial charge in [-0.3, -0.25) is 0 Å². The van der Waals surface area contributed by atoms with Crippen LogP contribution in [-0.2, 0) is 9.59 Å². The molecule has 22 heavy (non-hydrogen) atoms. The molecule has 6 heteroatoms. The summed E-state index contributed by atoms with van der Waals surface area (Å²) in [6.45, 7) is 7.26. The largest absolute Gasteiger partial charge is 1.00 e. The normalized spacial score (nSPS) is 10.5. The van der Waals surface area contributed by atoms with E-state index in [0.29, 0.717) is 11.1 Å². The van der Waals surface area contributed by atoms with E-state index >= 15 is 0 Å². The van der Waals surface area contributed by atoms with Gasteiger partial charge >= 0.3 is 59.1 Å². The summed E-state index contributed by atoms with van der Waals surface area (Å²) in [5.41, 5.74) is 0.682. The molecule has 0 aliphatic carbocycles. The van der Waals surface area contributed by atoms with Gasteiger partial charge in [-0.15, -0.1) is 0 Å². The van der Waals surface area contributed by atoms with Crippen LogP contribution < -0.4 is 69.3 Å². The molecule has 0 aromatic heterocycles. The van der Waals surface area contributed by atoms with Gasteiger partial charge in [-0.05, 0) is 37.8 Å². The predicted octanol–water partition coefficient (Wildman–Crippen LogP) is -4.25. The van der Waals surface area contributed by atoms with E-state index in [0.717, 1.165) is 38.5 Å². The number of carbonyl (C=O) groups excluding carboxylic acids is 2. The van der Waals surface area contributed by atoms with E-state index in [1.807, 2.05) is 0 Å². The number of carboxylic acids is 2. The van der Waals surface area contributed by atoms with Crippen molar-refractivity contribution in [2.24, 2.45) is 0 Å². The van der Waals surface area contributed by atoms with Crippen molar-refractivity contribution < 1.29 is 78.9 Å². The van der Waals surface area contributed by atoms with E-state index in [-0.39, 0.29) is 59.1 Å². The standard InChI is InChI=1S/2C8H14O2.2Na/c2*1-3-4-5-6-7(2)8(9)10;;/h2*6H,3-5H2,1-2H3,(H,9,10);;/q;;2*+1/p-2. The Bertz CT molecular complexity index is 316. The van der Waals surface area contributed by atoms with Crippen LogP contribution >= 0.6 is 0 Å². The minimum absolute atomic E-state index is 0. The number of hydrogen-bond acceptors (Lipinski definition) is 4. The fraction of sp³-hybridized carbons (Fsp3) is 0.625. The number of hydrogen-bond donors (Lipinski definition) is 0. The predicted molar refractivity (Wildman–Crippen MR) is 76.6 cm³/mol. The van der Waals surface area contributed by atoms with Gasteiger partial charge in [-0.1, -0.05) is 51.7 Å². The topological polar surface area (TPSA) is 80.3 Å². The number of allylic oxidation sites excluding steroid dienone is 2. The molecule has 116 valence electrons. The number of carboxylic acid groups (broad SMARTS) is 2. The molecule has 0 rings (SSSR count). The zero-order valence-corrected chi connectivity index (χ0v) is 19.0. The van der Waals surface area contributed by atoms with Gasteiger partial charge in [0.05, 0.1) is 11.9 Å². The van der Waals surface area contributed by atoms with Gasteiger partial charge in [0.25, 0.3) is 0 Å². The minimum atomic E-state index is -1.06. The van der Waals surface area contributed by atoms with E-state index in [4.69, 9.17) is 0 Å². The van der Waals surface area contributed by atoms with Crippen LogP contribution in [0, 0.1) is 0 Å². The maximum Gasteiger partial charge on any atom is 1.00 e. The first-order chi connectivity index (χ1) is 9.36. The van der Waals surface area contributed by atoms with E-state index in [9.17, 15) is 19.8 Å². The van der Waals surface area contributed by atoms with Crippen molar-refractivity contribution in [3.05, 3.63) is 23.3 Å². The molecule has 0 saturated carbocycles. The molecule has 0 radical (unpaired) electrons. The van der Waals surface area contributed by atoms with Crippen LogP contribution in [0.3, 0.4) is 0 Å². The van der Waals surface area contributed by atoms with Crippen LogP contribution in [0.15, 0.2) is 23.3 Å². The van der Waals surface area contributed by atoms with Crippen molar-refractivity contribution in [1.82, 2.24) is 0 Å². The first-order valence-corrected chi connectivity index (χ1v) is 7.12. The molecule has 0 unspecified atom stereocenters. The van der Waals surface area contributed by atoms with Gasteiger partial charge in [-0.25, -0.2) is 0 Å². The van der Waals surface area contributed by atoms with Gasteiger partial charge in [0.15, 0.2) is 0 Å². The van der Waals surface area contributed by atoms with Gasteiger partial charge in [0, 0.05) is 0 Å². The van der Waals surface area contributed by atoms with Crippen LogP contribution in [0.4, 0.5) is 0 Å². The van der Waals surface area contributed by atoms with Crippen molar-refractivity contribution in [2.45, 2.75) is 66.2 Å². The maximum atomic E-state index is 10.1. The molecule has 0 aromatic carbocycles. The van der Waals surface area contributed by atoms with Gasteiger partial charge in [0.2, 0.25) is 0 Å². The van der Waals surface area contributed by atoms with E-state index < -0.39 is 11.9 Å². The van der Waals surface area contributed by atoms with Crippen molar-refractivity contribution in [3.8, 4) is 0 Å². The Morgan fingerprint density at radius 3 is 1.23 bits per heavy atom. The molecular formula is C16H26Na2O4. The molecule has 0 aliphatic rings. The Kier molecular flexibility index (Phi) is 29.5. The summed E-state index contributed by atoms with van der Waals surface area (Å²) in [6, 6.07) is 0. The minimum Gasteiger partial charge on any atom is -0.545 e. The fourth-order valence-corrected chi connectivity index (χ4v) is 1.21. The Labute approximate surface area is 179 Å². The third kappa shape index (κ3) is 22.7. The number of unbranched alkanes of at least 4 members (excludes halogenated alkanes) is 4. The van der Waals surface area contributed by atoms with Crippen molar-refractivity contribution in [2.75, 3.05) is 0 Å². The average Bonchev–Trinajstić information content (AvgIpc) is 2.39. The monoisotopic (exact) mass is 328 g/mol. The molecule has 0 fully saturated rings. The molecule has 4 nitrogen and oxygen atoms in total. The molecule has 0 N–H and O–H groups in total. The average molecular weight is 328 g/mol. The second kappa shape index (κ2) is 21.4. The summed E-state index contributed by atoms with van der Waals surface area (Å²) in [4.78, 5) is 20.2. The third-order valence-electron chi connectivity index (χ3n) is 2.66. The van der Waals surface area contributed by atoms with E-state index in [1.165, 1.54) is 0 Å². The Hall–Kier alpha value is 0.420. The summed E-state index contributed by atoms with van der Waals surface area (Å²) in [5, 5.41) is 20.2. The summed E-state index contributed by atoms with van der Waals surface area (Å²) in [7, 11) is 0. The second-order valence-corrected chi connectivity index (χ2v) is 4.63. The van der Waals surface area contributed by atoms with Gasteiger partial charge in [0.1, 0.15) is 0 Å². The zero-order chi connectivity index (χ0) is 16.0. The van der Waals surface area contributed by atoms with Crippen molar-refractivity contribution in [1.29, 1.82) is 0 Å². The molecule has 0 heterocycles. The Morgan fingerprint density at radius 2 is 1.05 bits per heavy atom. The first kappa shape index (κ1) is 30.3. The summed E-state index contributed by atoms with van der Waals surface area (Å²) in [6.07, 6.45) is 9.38. The smallest absolute Gasteiger partial charge is 0.545 e. The van der Waals surface area contributed by atoms with Crippen molar-refractivity contribution in [3.63, 3.8) is 0 Å². The van der Waals surface area contributed by atoms with Crippen molar-refractivity contribution >= 4 is 11.9 Å². The molecule has 0 spiro atoms. The van der Waals surface area contributed by atoms with Crippen LogP contribution in [0.2, 0.25) is 0 Å². The number of carbonyl (C=O) groups is 2. The zero-order valence-electron chi connectivity index (χ0n) is 15.0. The summed E-state index contributed by atoms with van der Waals surface area (Å²) in [5.74, 6) is -2.12. The Balaban J connectivity index is -0.000000135. The molecule has 0 bridgehead atoms. The van der Waals surface area contributed by atoms with Gasteiger partial charge < -0.3 is 19.8 Å². The van der Waals surface area contributed by atoms with E-state index in [2.05, 4.69) is 13.8 Å². The van der Waals surface area contributed by atoms with Crippen LogP contribution in [-0.4, -0.2) is 11.9 Å².